The summed E-state index contributed by atoms with van der Waals surface area (Å²) in [5, 5.41) is 5.63. The number of hydrogen-bond acceptors (Lipinski definition) is 4. The lowest BCUT2D eigenvalue weighted by molar-refractivity contribution is -0.121. The minimum Gasteiger partial charge on any atom is -0.493 e. The summed E-state index contributed by atoms with van der Waals surface area (Å²) < 4.78 is 24.2. The van der Waals surface area contributed by atoms with E-state index in [0.717, 1.165) is 0 Å². The summed E-state index contributed by atoms with van der Waals surface area (Å²) >= 11 is 0. The molecule has 0 aliphatic heterocycles. The smallest absolute Gasteiger partial charge is 0.221 e. The Kier molecular flexibility index (Phi) is 8.73. The van der Waals surface area contributed by atoms with Gasteiger partial charge in [-0.2, -0.15) is 0 Å². The largest absolute Gasteiger partial charge is 0.493 e. The summed E-state index contributed by atoms with van der Waals surface area (Å²) in [6.07, 6.45) is 0.343. The van der Waals surface area contributed by atoms with Gasteiger partial charge < -0.3 is 20.1 Å². The Hall–Kier alpha value is -1.53. The number of methoxy groups -OCH3 is 2. The van der Waals surface area contributed by atoms with Crippen LogP contribution in [0.25, 0.3) is 0 Å². The third-order valence-electron chi connectivity index (χ3n) is 2.95. The molecular weight excluding hydrogens is 299 g/mol. The maximum absolute atomic E-state index is 14.0. The van der Waals surface area contributed by atoms with E-state index in [9.17, 15) is 9.18 Å². The predicted octanol–water partition coefficient (Wildman–Crippen LogP) is 2.05. The number of carbonyl (C=O) groups is 1. The molecular formula is C14H22ClFN2O3. The Morgan fingerprint density at radius 2 is 1.86 bits per heavy atom. The van der Waals surface area contributed by atoms with Crippen LogP contribution in [0, 0.1) is 5.82 Å². The van der Waals surface area contributed by atoms with Crippen molar-refractivity contribution in [1.29, 1.82) is 0 Å². The zero-order chi connectivity index (χ0) is 15.1. The fraction of sp³-hybridized carbons (Fsp3) is 0.500. The highest BCUT2D eigenvalue weighted by atomic mass is 35.5. The van der Waals surface area contributed by atoms with Crippen molar-refractivity contribution in [2.75, 3.05) is 27.8 Å². The Bertz CT molecular complexity index is 472. The van der Waals surface area contributed by atoms with Gasteiger partial charge in [0.1, 0.15) is 5.82 Å². The van der Waals surface area contributed by atoms with E-state index in [1.807, 2.05) is 0 Å². The van der Waals surface area contributed by atoms with E-state index in [1.54, 1.807) is 14.0 Å². The second-order valence-corrected chi connectivity index (χ2v) is 4.37. The van der Waals surface area contributed by atoms with Crippen LogP contribution in [0.1, 0.15) is 24.9 Å². The summed E-state index contributed by atoms with van der Waals surface area (Å²) in [5.41, 5.74) is 0.362. The van der Waals surface area contributed by atoms with E-state index in [4.69, 9.17) is 9.47 Å². The van der Waals surface area contributed by atoms with Gasteiger partial charge in [-0.25, -0.2) is 4.39 Å². The molecule has 1 rings (SSSR count). The number of halogens is 2. The summed E-state index contributed by atoms with van der Waals surface area (Å²) in [4.78, 5) is 11.6. The molecule has 2 N–H and O–H groups in total. The van der Waals surface area contributed by atoms with Gasteiger partial charge in [0.15, 0.2) is 11.5 Å². The predicted molar refractivity (Wildman–Crippen MR) is 81.9 cm³/mol. The van der Waals surface area contributed by atoms with Crippen molar-refractivity contribution in [1.82, 2.24) is 10.6 Å². The van der Waals surface area contributed by atoms with Crippen LogP contribution < -0.4 is 20.1 Å². The van der Waals surface area contributed by atoms with Gasteiger partial charge in [0.2, 0.25) is 5.91 Å². The van der Waals surface area contributed by atoms with Crippen LogP contribution in [-0.4, -0.2) is 33.7 Å². The van der Waals surface area contributed by atoms with Gasteiger partial charge in [-0.15, -0.1) is 12.4 Å². The van der Waals surface area contributed by atoms with Crippen LogP contribution in [0.2, 0.25) is 0 Å². The highest BCUT2D eigenvalue weighted by molar-refractivity contribution is 5.85. The zero-order valence-corrected chi connectivity index (χ0v) is 13.5. The molecule has 0 saturated carbocycles. The van der Waals surface area contributed by atoms with Crippen molar-refractivity contribution in [3.63, 3.8) is 0 Å². The first-order valence-corrected chi connectivity index (χ1v) is 6.38. The monoisotopic (exact) mass is 320 g/mol. The fourth-order valence-corrected chi connectivity index (χ4v) is 1.83. The minimum atomic E-state index is -0.445. The first-order valence-electron chi connectivity index (χ1n) is 6.38. The number of benzene rings is 1. The summed E-state index contributed by atoms with van der Waals surface area (Å²) in [6, 6.07) is 2.35. The van der Waals surface area contributed by atoms with Crippen LogP contribution >= 0.6 is 12.4 Å². The van der Waals surface area contributed by atoms with Crippen LogP contribution in [0.3, 0.4) is 0 Å². The molecule has 120 valence electrons. The maximum atomic E-state index is 14.0. The molecule has 0 aromatic heterocycles. The molecule has 1 aromatic rings. The van der Waals surface area contributed by atoms with E-state index in [2.05, 4.69) is 10.6 Å². The third kappa shape index (κ3) is 5.40. The quantitative estimate of drug-likeness (QED) is 0.807. The second kappa shape index (κ2) is 9.41. The topological polar surface area (TPSA) is 59.6 Å². The van der Waals surface area contributed by atoms with Gasteiger partial charge in [-0.3, -0.25) is 4.79 Å². The Morgan fingerprint density at radius 3 is 2.38 bits per heavy atom. The molecule has 21 heavy (non-hydrogen) atoms. The molecule has 1 unspecified atom stereocenters. The number of rotatable bonds is 7. The van der Waals surface area contributed by atoms with Crippen molar-refractivity contribution in [2.45, 2.75) is 19.4 Å². The molecule has 0 spiro atoms. The standard InChI is InChI=1S/C14H21FN2O3.ClH/c1-9(17-14(18)5-6-16-2)10-7-12(19-3)13(20-4)8-11(10)15;/h7-9,16H,5-6H2,1-4H3,(H,17,18);1H. The zero-order valence-electron chi connectivity index (χ0n) is 12.7. The lowest BCUT2D eigenvalue weighted by Gasteiger charge is -2.17. The van der Waals surface area contributed by atoms with Gasteiger partial charge in [0, 0.05) is 24.6 Å². The van der Waals surface area contributed by atoms with Crippen molar-refractivity contribution >= 4 is 18.3 Å². The van der Waals surface area contributed by atoms with Crippen molar-refractivity contribution in [3.05, 3.63) is 23.5 Å². The molecule has 7 heteroatoms. The minimum absolute atomic E-state index is 0. The van der Waals surface area contributed by atoms with E-state index in [1.165, 1.54) is 26.4 Å². The lowest BCUT2D eigenvalue weighted by atomic mass is 10.1. The number of hydrogen-bond donors (Lipinski definition) is 2. The third-order valence-corrected chi connectivity index (χ3v) is 2.95. The molecule has 0 aliphatic carbocycles. The average molecular weight is 321 g/mol. The molecule has 1 aromatic carbocycles. The van der Waals surface area contributed by atoms with Crippen molar-refractivity contribution in [2.24, 2.45) is 0 Å². The summed E-state index contributed by atoms with van der Waals surface area (Å²) in [7, 11) is 4.69. The molecule has 1 amide bonds. The molecule has 0 saturated heterocycles. The van der Waals surface area contributed by atoms with E-state index >= 15 is 0 Å². The molecule has 0 heterocycles. The van der Waals surface area contributed by atoms with Crippen LogP contribution in [-0.2, 0) is 4.79 Å². The summed E-state index contributed by atoms with van der Waals surface area (Å²) in [5.74, 6) is 0.174. The molecule has 0 aliphatic rings. The molecule has 1 atom stereocenters. The molecule has 0 fully saturated rings. The van der Waals surface area contributed by atoms with E-state index in [0.29, 0.717) is 30.0 Å². The fourth-order valence-electron chi connectivity index (χ4n) is 1.83. The van der Waals surface area contributed by atoms with Crippen molar-refractivity contribution < 1.29 is 18.7 Å². The Labute approximate surface area is 130 Å². The first-order chi connectivity index (χ1) is 9.53. The summed E-state index contributed by atoms with van der Waals surface area (Å²) in [6.45, 7) is 2.30. The van der Waals surface area contributed by atoms with Crippen molar-refractivity contribution in [3.8, 4) is 11.5 Å². The number of amides is 1. The molecule has 0 radical (unpaired) electrons. The van der Waals surface area contributed by atoms with Crippen LogP contribution in [0.4, 0.5) is 4.39 Å². The second-order valence-electron chi connectivity index (χ2n) is 4.37. The van der Waals surface area contributed by atoms with Gasteiger partial charge in [-0.1, -0.05) is 0 Å². The number of ether oxygens (including phenoxy) is 2. The lowest BCUT2D eigenvalue weighted by Crippen LogP contribution is -2.29. The number of carbonyl (C=O) groups excluding carboxylic acids is 1. The van der Waals surface area contributed by atoms with Gasteiger partial charge in [0.05, 0.1) is 20.3 Å². The highest BCUT2D eigenvalue weighted by Gasteiger charge is 2.17. The maximum Gasteiger partial charge on any atom is 0.221 e. The molecule has 5 nitrogen and oxygen atoms in total. The Balaban J connectivity index is 0.00000400. The molecule has 0 bridgehead atoms. The normalized spacial score (nSPS) is 11.3. The van der Waals surface area contributed by atoms with Crippen LogP contribution in [0.15, 0.2) is 12.1 Å². The van der Waals surface area contributed by atoms with Gasteiger partial charge >= 0.3 is 0 Å². The van der Waals surface area contributed by atoms with E-state index < -0.39 is 11.9 Å². The van der Waals surface area contributed by atoms with E-state index in [-0.39, 0.29) is 18.3 Å². The first kappa shape index (κ1) is 19.5. The van der Waals surface area contributed by atoms with Gasteiger partial charge in [0.25, 0.3) is 0 Å². The Morgan fingerprint density at radius 1 is 1.29 bits per heavy atom. The highest BCUT2D eigenvalue weighted by Crippen LogP contribution is 2.32. The van der Waals surface area contributed by atoms with Crippen LogP contribution in [0.5, 0.6) is 11.5 Å². The van der Waals surface area contributed by atoms with Gasteiger partial charge in [-0.05, 0) is 20.0 Å². The average Bonchev–Trinajstić information content (AvgIpc) is 2.44. The SMILES string of the molecule is CNCCC(=O)NC(C)c1cc(OC)c(OC)cc1F.Cl. The number of nitrogens with one attached hydrogen (secondary N) is 2.